The predicted molar refractivity (Wildman–Crippen MR) is 149 cm³/mol. The summed E-state index contributed by atoms with van der Waals surface area (Å²) >= 11 is 5.67. The zero-order chi connectivity index (χ0) is 28.4. The van der Waals surface area contributed by atoms with Gasteiger partial charge in [0.25, 0.3) is 5.91 Å². The van der Waals surface area contributed by atoms with Gasteiger partial charge >= 0.3 is 6.18 Å². The van der Waals surface area contributed by atoms with Gasteiger partial charge in [0.15, 0.2) is 0 Å². The Hall–Kier alpha value is -4.15. The van der Waals surface area contributed by atoms with Crippen LogP contribution >= 0.6 is 11.6 Å². The van der Waals surface area contributed by atoms with Gasteiger partial charge in [-0.3, -0.25) is 15.2 Å². The lowest BCUT2D eigenvalue weighted by molar-refractivity contribution is -0.137. The number of nitrogens with one attached hydrogen (secondary N) is 2. The first kappa shape index (κ1) is 27.4. The van der Waals surface area contributed by atoms with E-state index in [0.717, 1.165) is 43.7 Å². The van der Waals surface area contributed by atoms with Crippen molar-refractivity contribution in [2.45, 2.75) is 6.18 Å². The van der Waals surface area contributed by atoms with Crippen LogP contribution in [0.3, 0.4) is 0 Å². The summed E-state index contributed by atoms with van der Waals surface area (Å²) in [6.07, 6.45) is -3.04. The van der Waals surface area contributed by atoms with Crippen LogP contribution < -0.4 is 10.1 Å². The van der Waals surface area contributed by atoms with Crippen LogP contribution in [-0.2, 0) is 6.18 Å². The van der Waals surface area contributed by atoms with Crippen molar-refractivity contribution in [3.8, 4) is 11.5 Å². The molecule has 0 atom stereocenters. The van der Waals surface area contributed by atoms with Gasteiger partial charge in [-0.15, -0.1) is 0 Å². The summed E-state index contributed by atoms with van der Waals surface area (Å²) < 4.78 is 45.6. The first-order valence-electron chi connectivity index (χ1n) is 12.4. The van der Waals surface area contributed by atoms with Crippen molar-refractivity contribution in [2.24, 2.45) is 0 Å². The molecule has 0 unspecified atom stereocenters. The number of hydrogen-bond acceptors (Lipinski definition) is 5. The number of anilines is 1. The molecule has 1 saturated heterocycles. The van der Waals surface area contributed by atoms with E-state index in [9.17, 15) is 18.0 Å². The van der Waals surface area contributed by atoms with Gasteiger partial charge < -0.3 is 19.9 Å². The molecule has 2 N–H and O–H groups in total. The molecule has 0 bridgehead atoms. The van der Waals surface area contributed by atoms with E-state index in [1.54, 1.807) is 48.7 Å². The molecule has 7 nitrogen and oxygen atoms in total. The van der Waals surface area contributed by atoms with E-state index in [0.29, 0.717) is 28.4 Å². The number of pyridine rings is 1. The molecule has 5 rings (SSSR count). The summed E-state index contributed by atoms with van der Waals surface area (Å²) in [5.74, 6) is 0.807. The molecule has 1 fully saturated rings. The number of nitrogens with zero attached hydrogens (tertiary/aromatic N) is 3. The molecular weight excluding hydrogens is 543 g/mol. The van der Waals surface area contributed by atoms with Gasteiger partial charge in [-0.05, 0) is 66.4 Å². The molecule has 40 heavy (non-hydrogen) atoms. The summed E-state index contributed by atoms with van der Waals surface area (Å²) in [5, 5.41) is 12.2. The van der Waals surface area contributed by atoms with Gasteiger partial charge in [0.1, 0.15) is 23.0 Å². The summed E-state index contributed by atoms with van der Waals surface area (Å²) in [5.41, 5.74) is -0.266. The van der Waals surface area contributed by atoms with Gasteiger partial charge in [-0.2, -0.15) is 13.2 Å². The van der Waals surface area contributed by atoms with Gasteiger partial charge in [-0.25, -0.2) is 0 Å². The minimum Gasteiger partial charge on any atom is -0.457 e. The number of halogens is 4. The Morgan fingerprint density at radius 3 is 2.42 bits per heavy atom. The van der Waals surface area contributed by atoms with Crippen LogP contribution in [0.4, 0.5) is 18.9 Å². The molecule has 3 aromatic carbocycles. The Balaban J connectivity index is 1.32. The van der Waals surface area contributed by atoms with E-state index in [1.807, 2.05) is 11.0 Å². The number of likely N-dealkylation sites (N-methyl/N-ethyl adjacent to an activating group) is 1. The zero-order valence-electron chi connectivity index (χ0n) is 21.4. The maximum atomic E-state index is 13.2. The largest absolute Gasteiger partial charge is 0.457 e. The number of fused-ring (bicyclic) bond motifs is 1. The first-order valence-corrected chi connectivity index (χ1v) is 12.8. The van der Waals surface area contributed by atoms with E-state index in [-0.39, 0.29) is 11.3 Å². The maximum absolute atomic E-state index is 13.2. The third kappa shape index (κ3) is 6.19. The van der Waals surface area contributed by atoms with Crippen molar-refractivity contribution in [1.29, 1.82) is 5.41 Å². The van der Waals surface area contributed by atoms with Crippen LogP contribution in [0.15, 0.2) is 72.9 Å². The molecule has 1 aliphatic heterocycles. The number of alkyl halides is 3. The quantitative estimate of drug-likeness (QED) is 0.212. The van der Waals surface area contributed by atoms with Crippen molar-refractivity contribution in [1.82, 2.24) is 14.8 Å². The van der Waals surface area contributed by atoms with Crippen molar-refractivity contribution in [3.05, 3.63) is 94.8 Å². The molecule has 1 aliphatic rings. The predicted octanol–water partition coefficient (Wildman–Crippen LogP) is 6.52. The SMILES string of the molecule is CN1CCN(C(=N)c2cc(Oc3ccc4ccc(C(=O)Nc5ccc(Cl)c(C(F)(F)F)c5)cc4c3)ccn2)CC1. The second-order valence-corrected chi connectivity index (χ2v) is 9.90. The monoisotopic (exact) mass is 567 g/mol. The fourth-order valence-electron chi connectivity index (χ4n) is 4.39. The molecule has 4 aromatic rings. The minimum absolute atomic E-state index is 0.0189. The van der Waals surface area contributed by atoms with Crippen LogP contribution in [-0.4, -0.2) is 59.8 Å². The van der Waals surface area contributed by atoms with E-state index in [4.69, 9.17) is 21.7 Å². The smallest absolute Gasteiger partial charge is 0.417 e. The van der Waals surface area contributed by atoms with Crippen molar-refractivity contribution >= 4 is 39.8 Å². The zero-order valence-corrected chi connectivity index (χ0v) is 22.2. The number of carbonyl (C=O) groups excluding carboxylic acids is 1. The number of carbonyl (C=O) groups is 1. The molecule has 0 spiro atoms. The van der Waals surface area contributed by atoms with Crippen LogP contribution in [0.25, 0.3) is 10.8 Å². The lowest BCUT2D eigenvalue weighted by Gasteiger charge is -2.33. The number of rotatable bonds is 5. The second-order valence-electron chi connectivity index (χ2n) is 9.49. The van der Waals surface area contributed by atoms with Crippen LogP contribution in [0.2, 0.25) is 5.02 Å². The van der Waals surface area contributed by atoms with Crippen LogP contribution in [0.5, 0.6) is 11.5 Å². The third-order valence-electron chi connectivity index (χ3n) is 6.63. The first-order chi connectivity index (χ1) is 19.1. The summed E-state index contributed by atoms with van der Waals surface area (Å²) in [4.78, 5) is 21.4. The Morgan fingerprint density at radius 1 is 0.950 bits per heavy atom. The number of amides is 1. The molecule has 206 valence electrons. The highest BCUT2D eigenvalue weighted by atomic mass is 35.5. The minimum atomic E-state index is -4.64. The van der Waals surface area contributed by atoms with Crippen molar-refractivity contribution < 1.29 is 22.7 Å². The highest BCUT2D eigenvalue weighted by molar-refractivity contribution is 6.31. The maximum Gasteiger partial charge on any atom is 0.417 e. The third-order valence-corrected chi connectivity index (χ3v) is 6.96. The highest BCUT2D eigenvalue weighted by Crippen LogP contribution is 2.36. The molecular formula is C29H25ClF3N5O2. The number of ether oxygens (including phenoxy) is 1. The van der Waals surface area contributed by atoms with Gasteiger partial charge in [0, 0.05) is 49.7 Å². The fourth-order valence-corrected chi connectivity index (χ4v) is 4.61. The summed E-state index contributed by atoms with van der Waals surface area (Å²) in [6.45, 7) is 3.27. The highest BCUT2D eigenvalue weighted by Gasteiger charge is 2.33. The Labute approximate surface area is 233 Å². The van der Waals surface area contributed by atoms with E-state index in [2.05, 4.69) is 22.2 Å². The lowest BCUT2D eigenvalue weighted by Crippen LogP contribution is -2.47. The van der Waals surface area contributed by atoms with Crippen molar-refractivity contribution in [3.63, 3.8) is 0 Å². The average Bonchev–Trinajstić information content (AvgIpc) is 2.93. The number of benzene rings is 3. The van der Waals surface area contributed by atoms with E-state index >= 15 is 0 Å². The lowest BCUT2D eigenvalue weighted by atomic mass is 10.1. The van der Waals surface area contributed by atoms with Crippen LogP contribution in [0.1, 0.15) is 21.6 Å². The molecule has 1 amide bonds. The average molecular weight is 568 g/mol. The molecule has 0 radical (unpaired) electrons. The second kappa shape index (κ2) is 11.1. The molecule has 2 heterocycles. The normalized spacial score (nSPS) is 14.3. The number of amidine groups is 1. The summed E-state index contributed by atoms with van der Waals surface area (Å²) in [7, 11) is 2.05. The van der Waals surface area contributed by atoms with Gasteiger partial charge in [0.05, 0.1) is 10.6 Å². The fraction of sp³-hybridized carbons (Fsp3) is 0.207. The van der Waals surface area contributed by atoms with Crippen molar-refractivity contribution in [2.75, 3.05) is 38.5 Å². The Kier molecular flexibility index (Phi) is 7.64. The van der Waals surface area contributed by atoms with Crippen LogP contribution in [0, 0.1) is 5.41 Å². The molecule has 11 heteroatoms. The van der Waals surface area contributed by atoms with E-state index < -0.39 is 22.7 Å². The van der Waals surface area contributed by atoms with E-state index in [1.165, 1.54) is 6.07 Å². The van der Waals surface area contributed by atoms with Gasteiger partial charge in [0.2, 0.25) is 0 Å². The molecule has 0 aliphatic carbocycles. The summed E-state index contributed by atoms with van der Waals surface area (Å²) in [6, 6.07) is 17.0. The molecule has 1 aromatic heterocycles. The standard InChI is InChI=1S/C29H25ClF3N5O2/c1-37-10-12-38(13-11-37)27(34)26-17-23(8-9-35-26)40-22-6-4-18-2-3-19(14-20(18)15-22)28(39)36-21-5-7-25(30)24(16-21)29(31,32)33/h2-9,14-17,34H,10-13H2,1H3,(H,36,39). The number of piperazine rings is 1. The molecule has 0 saturated carbocycles. The topological polar surface area (TPSA) is 81.5 Å². The van der Waals surface area contributed by atoms with Gasteiger partial charge in [-0.1, -0.05) is 23.7 Å². The number of hydrogen-bond donors (Lipinski definition) is 2. The Bertz CT molecular complexity index is 1590. The Morgan fingerprint density at radius 2 is 1.68 bits per heavy atom. The number of aromatic nitrogens is 1.